The molecule has 2 aromatic rings. The van der Waals surface area contributed by atoms with Crippen LogP contribution in [0.4, 0.5) is 0 Å². The zero-order valence-corrected chi connectivity index (χ0v) is 16.2. The second-order valence-corrected chi connectivity index (χ2v) is 8.98. The first-order valence-corrected chi connectivity index (χ1v) is 10.4. The third kappa shape index (κ3) is 3.44. The highest BCUT2D eigenvalue weighted by atomic mass is 79.9. The Morgan fingerprint density at radius 3 is 2.62 bits per heavy atom. The van der Waals surface area contributed by atoms with Gasteiger partial charge in [0.25, 0.3) is 0 Å². The van der Waals surface area contributed by atoms with Gasteiger partial charge in [0.1, 0.15) is 0 Å². The zero-order valence-electron chi connectivity index (χ0n) is 13.8. The maximum absolute atomic E-state index is 12.5. The molecule has 2 heterocycles. The number of hydrogen-bond donors (Lipinski definition) is 0. The van der Waals surface area contributed by atoms with E-state index < -0.39 is 10.0 Å². The Kier molecular flexibility index (Phi) is 5.15. The summed E-state index contributed by atoms with van der Waals surface area (Å²) in [6.07, 6.45) is 3.07. The first-order chi connectivity index (χ1) is 11.4. The van der Waals surface area contributed by atoms with Crippen molar-refractivity contribution >= 4 is 36.9 Å². The quantitative estimate of drug-likeness (QED) is 0.709. The Morgan fingerprint density at radius 1 is 1.25 bits per heavy atom. The molecule has 0 unspecified atom stereocenters. The van der Waals surface area contributed by atoms with Gasteiger partial charge in [0.05, 0.1) is 11.3 Å². The number of halogens is 1. The molecule has 0 saturated carbocycles. The van der Waals surface area contributed by atoms with Crippen molar-refractivity contribution in [3.63, 3.8) is 0 Å². The van der Waals surface area contributed by atoms with Crippen molar-refractivity contribution in [2.75, 3.05) is 39.0 Å². The summed E-state index contributed by atoms with van der Waals surface area (Å²) in [6.45, 7) is 8.55. The fourth-order valence-corrected chi connectivity index (χ4v) is 5.10. The van der Waals surface area contributed by atoms with Gasteiger partial charge in [-0.15, -0.1) is 6.58 Å². The first kappa shape index (κ1) is 17.7. The summed E-state index contributed by atoms with van der Waals surface area (Å²) in [5.41, 5.74) is 1.87. The molecule has 0 spiro atoms. The lowest BCUT2D eigenvalue weighted by molar-refractivity contribution is 0.148. The monoisotopic (exact) mass is 411 g/mol. The lowest BCUT2D eigenvalue weighted by atomic mass is 10.1. The Morgan fingerprint density at radius 2 is 1.96 bits per heavy atom. The Bertz CT molecular complexity index is 852. The van der Waals surface area contributed by atoms with Crippen LogP contribution in [0, 0.1) is 0 Å². The van der Waals surface area contributed by atoms with Crippen LogP contribution in [0.5, 0.6) is 0 Å². The van der Waals surface area contributed by atoms with E-state index in [4.69, 9.17) is 0 Å². The van der Waals surface area contributed by atoms with E-state index in [1.807, 2.05) is 12.1 Å². The SMILES string of the molecule is C=CCS(=O)(=O)n1cc(Br)c2c(CN3CCN(C)CC3)cccc21. The smallest absolute Gasteiger partial charge is 0.242 e. The van der Waals surface area contributed by atoms with Crippen molar-refractivity contribution < 1.29 is 8.42 Å². The van der Waals surface area contributed by atoms with Gasteiger partial charge >= 0.3 is 0 Å². The fraction of sp³-hybridized carbons (Fsp3) is 0.412. The molecule has 24 heavy (non-hydrogen) atoms. The number of piperazine rings is 1. The molecule has 1 saturated heterocycles. The van der Waals surface area contributed by atoms with Crippen LogP contribution in [0.1, 0.15) is 5.56 Å². The van der Waals surface area contributed by atoms with E-state index in [9.17, 15) is 8.42 Å². The van der Waals surface area contributed by atoms with Crippen molar-refractivity contribution in [3.8, 4) is 0 Å². The Balaban J connectivity index is 1.99. The number of fused-ring (bicyclic) bond motifs is 1. The van der Waals surface area contributed by atoms with Crippen molar-refractivity contribution in [2.45, 2.75) is 6.54 Å². The Hall–Kier alpha value is -1.15. The molecule has 1 aliphatic heterocycles. The lowest BCUT2D eigenvalue weighted by Crippen LogP contribution is -2.43. The van der Waals surface area contributed by atoms with Crippen LogP contribution < -0.4 is 0 Å². The predicted octanol–water partition coefficient (Wildman–Crippen LogP) is 2.52. The van der Waals surface area contributed by atoms with E-state index >= 15 is 0 Å². The van der Waals surface area contributed by atoms with Gasteiger partial charge < -0.3 is 4.90 Å². The number of benzene rings is 1. The van der Waals surface area contributed by atoms with Gasteiger partial charge in [-0.3, -0.25) is 4.90 Å². The van der Waals surface area contributed by atoms with Crippen LogP contribution in [0.2, 0.25) is 0 Å². The molecule has 7 heteroatoms. The van der Waals surface area contributed by atoms with Gasteiger partial charge in [0, 0.05) is 48.8 Å². The molecule has 1 fully saturated rings. The molecular weight excluding hydrogens is 390 g/mol. The molecule has 0 N–H and O–H groups in total. The number of likely N-dealkylation sites (N-methyl/N-ethyl adjacent to an activating group) is 1. The summed E-state index contributed by atoms with van der Waals surface area (Å²) in [6, 6.07) is 5.87. The van der Waals surface area contributed by atoms with Crippen LogP contribution in [-0.2, 0) is 16.6 Å². The standard InChI is InChI=1S/C17H22BrN3O2S/c1-3-11-24(22,23)21-13-15(18)17-14(5-4-6-16(17)21)12-20-9-7-19(2)8-10-20/h3-6,13H,1,7-12H2,2H3. The largest absolute Gasteiger partial charge is 0.304 e. The summed E-state index contributed by atoms with van der Waals surface area (Å²) in [5, 5.41) is 0.976. The average Bonchev–Trinajstić information content (AvgIpc) is 2.89. The summed E-state index contributed by atoms with van der Waals surface area (Å²) >= 11 is 3.55. The van der Waals surface area contributed by atoms with Crippen LogP contribution in [0.15, 0.2) is 41.5 Å². The van der Waals surface area contributed by atoms with Crippen molar-refractivity contribution in [1.29, 1.82) is 0 Å². The number of rotatable bonds is 5. The van der Waals surface area contributed by atoms with E-state index in [0.717, 1.165) is 53.7 Å². The molecule has 0 atom stereocenters. The van der Waals surface area contributed by atoms with Crippen LogP contribution >= 0.6 is 15.9 Å². The van der Waals surface area contributed by atoms with E-state index in [2.05, 4.69) is 45.4 Å². The highest BCUT2D eigenvalue weighted by molar-refractivity contribution is 9.10. The van der Waals surface area contributed by atoms with Gasteiger partial charge in [-0.2, -0.15) is 0 Å². The maximum Gasteiger partial charge on any atom is 0.242 e. The molecule has 130 valence electrons. The van der Waals surface area contributed by atoms with Crippen molar-refractivity contribution in [2.24, 2.45) is 0 Å². The van der Waals surface area contributed by atoms with Gasteiger partial charge in [-0.1, -0.05) is 18.2 Å². The second kappa shape index (κ2) is 7.00. The number of hydrogen-bond acceptors (Lipinski definition) is 4. The van der Waals surface area contributed by atoms with E-state index in [0.29, 0.717) is 0 Å². The molecule has 0 amide bonds. The summed E-state index contributed by atoms with van der Waals surface area (Å²) < 4.78 is 27.1. The highest BCUT2D eigenvalue weighted by Gasteiger charge is 2.20. The minimum absolute atomic E-state index is 0.0775. The molecule has 0 bridgehead atoms. The fourth-order valence-electron chi connectivity index (χ4n) is 3.12. The van der Waals surface area contributed by atoms with Gasteiger partial charge in [0.15, 0.2) is 0 Å². The predicted molar refractivity (Wildman–Crippen MR) is 102 cm³/mol. The normalized spacial score (nSPS) is 17.4. The molecule has 0 radical (unpaired) electrons. The van der Waals surface area contributed by atoms with Gasteiger partial charge in [-0.25, -0.2) is 12.4 Å². The summed E-state index contributed by atoms with van der Waals surface area (Å²) in [5.74, 6) is -0.0775. The third-order valence-corrected chi connectivity index (χ3v) is 6.61. The van der Waals surface area contributed by atoms with E-state index in [-0.39, 0.29) is 5.75 Å². The molecular formula is C17H22BrN3O2S. The van der Waals surface area contributed by atoms with Crippen LogP contribution in [0.3, 0.4) is 0 Å². The molecule has 1 aromatic carbocycles. The minimum Gasteiger partial charge on any atom is -0.304 e. The number of nitrogens with zero attached hydrogens (tertiary/aromatic N) is 3. The topological polar surface area (TPSA) is 45.6 Å². The van der Waals surface area contributed by atoms with Gasteiger partial charge in [0.2, 0.25) is 10.0 Å². The molecule has 3 rings (SSSR count). The molecule has 1 aliphatic rings. The average molecular weight is 412 g/mol. The maximum atomic E-state index is 12.5. The Labute approximate surface area is 151 Å². The summed E-state index contributed by atoms with van der Waals surface area (Å²) in [4.78, 5) is 4.74. The lowest BCUT2D eigenvalue weighted by Gasteiger charge is -2.32. The van der Waals surface area contributed by atoms with Crippen LogP contribution in [-0.4, -0.2) is 61.2 Å². The number of aromatic nitrogens is 1. The van der Waals surface area contributed by atoms with Crippen molar-refractivity contribution in [3.05, 3.63) is 47.1 Å². The highest BCUT2D eigenvalue weighted by Crippen LogP contribution is 2.31. The van der Waals surface area contributed by atoms with Crippen LogP contribution in [0.25, 0.3) is 10.9 Å². The first-order valence-electron chi connectivity index (χ1n) is 7.96. The van der Waals surface area contributed by atoms with E-state index in [1.165, 1.54) is 10.0 Å². The molecule has 5 nitrogen and oxygen atoms in total. The molecule has 1 aromatic heterocycles. The molecule has 0 aliphatic carbocycles. The van der Waals surface area contributed by atoms with E-state index in [1.54, 1.807) is 6.20 Å². The second-order valence-electron chi connectivity index (χ2n) is 6.23. The minimum atomic E-state index is -3.42. The zero-order chi connectivity index (χ0) is 17.3. The summed E-state index contributed by atoms with van der Waals surface area (Å²) in [7, 11) is -1.29. The van der Waals surface area contributed by atoms with Crippen molar-refractivity contribution in [1.82, 2.24) is 13.8 Å². The van der Waals surface area contributed by atoms with Gasteiger partial charge in [-0.05, 0) is 34.6 Å². The third-order valence-electron chi connectivity index (χ3n) is 4.45.